The minimum absolute atomic E-state index is 0.188. The molecule has 2 heterocycles. The maximum absolute atomic E-state index is 12.0. The van der Waals surface area contributed by atoms with Crippen LogP contribution in [0.25, 0.3) is 78.7 Å². The van der Waals surface area contributed by atoms with Crippen LogP contribution in [0, 0.1) is 13.8 Å². The van der Waals surface area contributed by atoms with Crippen molar-refractivity contribution in [2.45, 2.75) is 23.6 Å². The van der Waals surface area contributed by atoms with Crippen LogP contribution < -0.4 is 9.13 Å². The van der Waals surface area contributed by atoms with Gasteiger partial charge in [0.2, 0.25) is 34.2 Å². The Balaban J connectivity index is 1.23. The van der Waals surface area contributed by atoms with Gasteiger partial charge in [0.15, 0.2) is 0 Å². The van der Waals surface area contributed by atoms with Crippen LogP contribution in [0.4, 0.5) is 0 Å². The zero-order chi connectivity index (χ0) is 44.6. The first-order chi connectivity index (χ1) is 30.8. The molecule has 64 heavy (non-hydrogen) atoms. The number of benzene rings is 7. The standard InChI is InChI=1S/C54H40N2O6S2/c1-37-13-25-47(26-14-37)55-51(41-9-5-3-6-10-41)33-45(35-53(55)43-21-29-49(30-22-43)63(57,58)59)39-17-19-40(20-18-39)46-34-52(42-11-7-4-8-12-42)56(48-27-15-38(2)16-28-48)54(36-46)44-23-31-50(32-24-44)64(60,61)62/h3-36H,1-2H3/p+2. The summed E-state index contributed by atoms with van der Waals surface area (Å²) in [6.07, 6.45) is 0. The minimum atomic E-state index is -4.40. The van der Waals surface area contributed by atoms with E-state index < -0.39 is 20.2 Å². The molecule has 2 aromatic heterocycles. The highest BCUT2D eigenvalue weighted by Gasteiger charge is 2.28. The quantitative estimate of drug-likeness (QED) is 0.104. The van der Waals surface area contributed by atoms with Gasteiger partial charge < -0.3 is 0 Å². The first-order valence-corrected chi connectivity index (χ1v) is 23.4. The molecule has 2 N–H and O–H groups in total. The van der Waals surface area contributed by atoms with Gasteiger partial charge in [-0.3, -0.25) is 9.11 Å². The molecule has 9 aromatic rings. The van der Waals surface area contributed by atoms with Crippen LogP contribution in [0.5, 0.6) is 0 Å². The Hall–Kier alpha value is -7.34. The number of rotatable bonds is 10. The number of aryl methyl sites for hydroxylation is 2. The predicted molar refractivity (Wildman–Crippen MR) is 251 cm³/mol. The SMILES string of the molecule is Cc1ccc(-[n+]2c(-c3ccccc3)cc(-c3ccc(-c4cc(-c5ccccc5)[n+](-c5ccc(C)cc5)c(-c5ccc(S(=O)(=O)O)cc5)c4)cc3)cc2-c2ccc(S(=O)(=O)O)cc2)cc1. The Morgan fingerprint density at radius 3 is 0.859 bits per heavy atom. The predicted octanol–water partition coefficient (Wildman–Crippen LogP) is 11.4. The molecule has 0 atom stereocenters. The lowest BCUT2D eigenvalue weighted by Crippen LogP contribution is -2.36. The van der Waals surface area contributed by atoms with E-state index >= 15 is 0 Å². The lowest BCUT2D eigenvalue weighted by atomic mass is 9.95. The highest BCUT2D eigenvalue weighted by molar-refractivity contribution is 7.86. The van der Waals surface area contributed by atoms with Gasteiger partial charge in [-0.1, -0.05) is 96.1 Å². The van der Waals surface area contributed by atoms with Crippen LogP contribution in [-0.2, 0) is 20.2 Å². The van der Waals surface area contributed by atoms with E-state index in [2.05, 4.69) is 130 Å². The Bertz CT molecular complexity index is 3150. The van der Waals surface area contributed by atoms with Gasteiger partial charge >= 0.3 is 0 Å². The number of hydrogen-bond acceptors (Lipinski definition) is 4. The van der Waals surface area contributed by atoms with Gasteiger partial charge in [-0.25, -0.2) is 0 Å². The van der Waals surface area contributed by atoms with Crippen molar-refractivity contribution in [1.29, 1.82) is 0 Å². The average molecular weight is 879 g/mol. The van der Waals surface area contributed by atoms with Gasteiger partial charge in [-0.2, -0.15) is 26.0 Å². The Morgan fingerprint density at radius 1 is 0.312 bits per heavy atom. The molecule has 0 saturated carbocycles. The van der Waals surface area contributed by atoms with Gasteiger partial charge in [-0.05, 0) is 109 Å². The minimum Gasteiger partial charge on any atom is -0.282 e. The number of hydrogen-bond donors (Lipinski definition) is 2. The van der Waals surface area contributed by atoms with Gasteiger partial charge in [0.05, 0.1) is 9.79 Å². The zero-order valence-electron chi connectivity index (χ0n) is 34.9. The fourth-order valence-corrected chi connectivity index (χ4v) is 8.95. The molecule has 7 aromatic carbocycles. The van der Waals surface area contributed by atoms with E-state index in [0.717, 1.165) is 89.8 Å². The van der Waals surface area contributed by atoms with Crippen LogP contribution in [0.2, 0.25) is 0 Å². The normalized spacial score (nSPS) is 11.7. The molecule has 0 bridgehead atoms. The van der Waals surface area contributed by atoms with Crippen molar-refractivity contribution in [3.63, 3.8) is 0 Å². The third-order valence-corrected chi connectivity index (χ3v) is 13.0. The van der Waals surface area contributed by atoms with E-state index in [4.69, 9.17) is 0 Å². The lowest BCUT2D eigenvalue weighted by Gasteiger charge is -2.14. The molecule has 10 heteroatoms. The molecule has 0 aliphatic heterocycles. The maximum atomic E-state index is 12.0. The van der Waals surface area contributed by atoms with Crippen LogP contribution in [0.15, 0.2) is 216 Å². The molecule has 0 amide bonds. The average Bonchev–Trinajstić information content (AvgIpc) is 3.31. The third-order valence-electron chi connectivity index (χ3n) is 11.3. The Labute approximate surface area is 373 Å². The largest absolute Gasteiger partial charge is 0.294 e. The molecule has 8 nitrogen and oxygen atoms in total. The van der Waals surface area contributed by atoms with Crippen LogP contribution in [0.3, 0.4) is 0 Å². The smallest absolute Gasteiger partial charge is 0.282 e. The van der Waals surface area contributed by atoms with E-state index in [0.29, 0.717) is 0 Å². The Morgan fingerprint density at radius 2 is 0.578 bits per heavy atom. The van der Waals surface area contributed by atoms with Crippen molar-refractivity contribution in [3.8, 4) is 78.7 Å². The summed E-state index contributed by atoms with van der Waals surface area (Å²) in [7, 11) is -8.80. The van der Waals surface area contributed by atoms with Crippen LogP contribution >= 0.6 is 0 Å². The van der Waals surface area contributed by atoms with Crippen molar-refractivity contribution in [2.75, 3.05) is 0 Å². The highest BCUT2D eigenvalue weighted by Crippen LogP contribution is 2.35. The molecule has 0 aliphatic carbocycles. The van der Waals surface area contributed by atoms with E-state index in [1.807, 2.05) is 50.2 Å². The Kier molecular flexibility index (Phi) is 11.2. The van der Waals surface area contributed by atoms with Gasteiger partial charge in [0, 0.05) is 70.8 Å². The molecule has 0 spiro atoms. The van der Waals surface area contributed by atoms with Crippen molar-refractivity contribution in [2.24, 2.45) is 0 Å². The second-order valence-corrected chi connectivity index (χ2v) is 18.5. The summed E-state index contributed by atoms with van der Waals surface area (Å²) < 4.78 is 72.1. The topological polar surface area (TPSA) is 116 Å². The van der Waals surface area contributed by atoms with E-state index in [-0.39, 0.29) is 9.79 Å². The molecule has 0 unspecified atom stereocenters. The fourth-order valence-electron chi connectivity index (χ4n) is 7.99. The third kappa shape index (κ3) is 8.68. The van der Waals surface area contributed by atoms with Gasteiger partial charge in [0.1, 0.15) is 0 Å². The summed E-state index contributed by atoms with van der Waals surface area (Å²) in [6.45, 7) is 4.08. The molecular formula is C54H42N2O6S2+2. The van der Waals surface area contributed by atoms with Gasteiger partial charge in [0.25, 0.3) is 20.2 Å². The van der Waals surface area contributed by atoms with E-state index in [9.17, 15) is 25.9 Å². The summed E-state index contributed by atoms with van der Waals surface area (Å²) in [5.41, 5.74) is 14.7. The molecule has 314 valence electrons. The first-order valence-electron chi connectivity index (χ1n) is 20.5. The highest BCUT2D eigenvalue weighted by atomic mass is 32.2. The van der Waals surface area contributed by atoms with E-state index in [1.165, 1.54) is 24.3 Å². The molecule has 0 aliphatic rings. The molecular weight excluding hydrogens is 837 g/mol. The summed E-state index contributed by atoms with van der Waals surface area (Å²) in [4.78, 5) is -0.376. The molecule has 0 fully saturated rings. The number of pyridine rings is 2. The maximum Gasteiger partial charge on any atom is 0.294 e. The second-order valence-electron chi connectivity index (χ2n) is 15.7. The molecule has 0 saturated heterocycles. The molecule has 0 radical (unpaired) electrons. The monoisotopic (exact) mass is 878 g/mol. The first kappa shape index (κ1) is 42.0. The second kappa shape index (κ2) is 17.1. The van der Waals surface area contributed by atoms with Crippen LogP contribution in [-0.4, -0.2) is 25.9 Å². The van der Waals surface area contributed by atoms with Crippen LogP contribution in [0.1, 0.15) is 11.1 Å². The van der Waals surface area contributed by atoms with Crippen molar-refractivity contribution >= 4 is 20.2 Å². The summed E-state index contributed by atoms with van der Waals surface area (Å²) in [6, 6.07) is 66.1. The number of nitrogens with zero attached hydrogens (tertiary/aromatic N) is 2. The summed E-state index contributed by atoms with van der Waals surface area (Å²) >= 11 is 0. The van der Waals surface area contributed by atoms with Crippen molar-refractivity contribution in [1.82, 2.24) is 0 Å². The summed E-state index contributed by atoms with van der Waals surface area (Å²) in [5.74, 6) is 0. The van der Waals surface area contributed by atoms with E-state index in [1.54, 1.807) is 24.3 Å². The molecule has 9 rings (SSSR count). The number of aromatic nitrogens is 2. The van der Waals surface area contributed by atoms with Crippen molar-refractivity contribution < 1.29 is 35.1 Å². The fraction of sp³-hybridized carbons (Fsp3) is 0.0370. The zero-order valence-corrected chi connectivity index (χ0v) is 36.5. The van der Waals surface area contributed by atoms with Gasteiger partial charge in [-0.15, -0.1) is 0 Å². The lowest BCUT2D eigenvalue weighted by molar-refractivity contribution is -0.572. The van der Waals surface area contributed by atoms with Crippen molar-refractivity contribution in [3.05, 3.63) is 217 Å². The summed E-state index contributed by atoms with van der Waals surface area (Å²) in [5, 5.41) is 0.